The van der Waals surface area contributed by atoms with E-state index in [4.69, 9.17) is 0 Å². The molecule has 1 atom stereocenters. The van der Waals surface area contributed by atoms with Gasteiger partial charge < -0.3 is 10.2 Å². The number of carbonyl (C=O) groups is 2. The van der Waals surface area contributed by atoms with Crippen LogP contribution in [-0.2, 0) is 10.3 Å². The van der Waals surface area contributed by atoms with Gasteiger partial charge in [0, 0.05) is 18.3 Å². The third kappa shape index (κ3) is 3.96. The Bertz CT molecular complexity index is 671. The summed E-state index contributed by atoms with van der Waals surface area (Å²) in [5, 5.41) is 7.57. The number of nitrogens with one attached hydrogen (secondary N) is 1. The minimum absolute atomic E-state index is 0.0476. The minimum Gasteiger partial charge on any atom is -0.331 e. The second kappa shape index (κ2) is 6.35. The Morgan fingerprint density at radius 2 is 2.08 bits per heavy atom. The number of amides is 3. The molecule has 1 aromatic rings. The molecule has 1 N–H and O–H groups in total. The Kier molecular flexibility index (Phi) is 4.51. The number of carbonyl (C=O) groups excluding carboxylic acids is 2. The van der Waals surface area contributed by atoms with Gasteiger partial charge in [-0.05, 0) is 53.4 Å². The summed E-state index contributed by atoms with van der Waals surface area (Å²) < 4.78 is 1.93. The number of aryl methyl sites for hydroxylation is 1. The van der Waals surface area contributed by atoms with Crippen molar-refractivity contribution in [2.24, 2.45) is 5.92 Å². The lowest BCUT2D eigenvalue weighted by Gasteiger charge is -2.21. The van der Waals surface area contributed by atoms with Gasteiger partial charge in [-0.15, -0.1) is 0 Å². The highest BCUT2D eigenvalue weighted by atomic mass is 16.2. The Labute approximate surface area is 149 Å². The molecule has 3 rings (SSSR count). The average Bonchev–Trinajstić information content (AvgIpc) is 3.11. The van der Waals surface area contributed by atoms with E-state index >= 15 is 0 Å². The molecule has 2 heterocycles. The molecule has 1 saturated carbocycles. The summed E-state index contributed by atoms with van der Waals surface area (Å²) in [5.74, 6) is 0.684. The molecule has 1 unspecified atom stereocenters. The van der Waals surface area contributed by atoms with Gasteiger partial charge in [-0.1, -0.05) is 0 Å². The highest BCUT2D eigenvalue weighted by Gasteiger charge is 2.35. The zero-order valence-electron chi connectivity index (χ0n) is 15.9. The third-order valence-corrected chi connectivity index (χ3v) is 4.91. The summed E-state index contributed by atoms with van der Waals surface area (Å²) >= 11 is 0. The molecule has 1 aromatic heterocycles. The monoisotopic (exact) mass is 347 g/mol. The molecule has 0 spiro atoms. The van der Waals surface area contributed by atoms with Crippen LogP contribution in [0.25, 0.3) is 0 Å². The normalized spacial score (nSPS) is 19.5. The van der Waals surface area contributed by atoms with Crippen molar-refractivity contribution in [3.8, 4) is 0 Å². The number of aromatic nitrogens is 2. The van der Waals surface area contributed by atoms with Crippen LogP contribution in [0.1, 0.15) is 57.8 Å². The quantitative estimate of drug-likeness (QED) is 0.908. The molecule has 2 fully saturated rings. The van der Waals surface area contributed by atoms with Crippen LogP contribution in [0.2, 0.25) is 0 Å². The van der Waals surface area contributed by atoms with Crippen LogP contribution in [0.5, 0.6) is 0 Å². The maximum atomic E-state index is 12.5. The molecule has 138 valence electrons. The zero-order chi connectivity index (χ0) is 18.4. The first-order chi connectivity index (χ1) is 11.6. The van der Waals surface area contributed by atoms with Crippen molar-refractivity contribution >= 4 is 11.9 Å². The lowest BCUT2D eigenvalue weighted by atomic mass is 10.1. The summed E-state index contributed by atoms with van der Waals surface area (Å²) in [6.07, 6.45) is 4.39. The Morgan fingerprint density at radius 3 is 2.64 bits per heavy atom. The van der Waals surface area contributed by atoms with Crippen LogP contribution in [0.15, 0.2) is 6.20 Å². The van der Waals surface area contributed by atoms with E-state index in [0.717, 1.165) is 17.8 Å². The van der Waals surface area contributed by atoms with Crippen LogP contribution in [0, 0.1) is 12.8 Å². The first-order valence-corrected chi connectivity index (χ1v) is 9.05. The standard InChI is InChI=1S/C18H29N5O2/c1-12(15-9-23(18(3,4)5)20-13(15)2)19-17(25)22-10-16(24)21(11-22)8-14-6-7-14/h9,12,14H,6-8,10-11H2,1-5H3,(H,19,25). The fourth-order valence-corrected chi connectivity index (χ4v) is 3.10. The fourth-order valence-electron chi connectivity index (χ4n) is 3.10. The number of urea groups is 1. The summed E-state index contributed by atoms with van der Waals surface area (Å²) in [7, 11) is 0. The molecule has 7 heteroatoms. The largest absolute Gasteiger partial charge is 0.331 e. The van der Waals surface area contributed by atoms with Gasteiger partial charge in [0.2, 0.25) is 5.91 Å². The highest BCUT2D eigenvalue weighted by molar-refractivity contribution is 5.87. The molecule has 1 saturated heterocycles. The first kappa shape index (κ1) is 17.8. The summed E-state index contributed by atoms with van der Waals surface area (Å²) in [6, 6.07) is -0.349. The molecule has 1 aliphatic carbocycles. The Balaban J connectivity index is 1.61. The van der Waals surface area contributed by atoms with E-state index in [0.29, 0.717) is 12.6 Å². The fraction of sp³-hybridized carbons (Fsp3) is 0.722. The van der Waals surface area contributed by atoms with Gasteiger partial charge in [-0.3, -0.25) is 14.4 Å². The summed E-state index contributed by atoms with van der Waals surface area (Å²) in [6.45, 7) is 11.5. The van der Waals surface area contributed by atoms with Crippen molar-refractivity contribution in [3.05, 3.63) is 17.5 Å². The smallest absolute Gasteiger partial charge is 0.319 e. The first-order valence-electron chi connectivity index (χ1n) is 9.05. The predicted molar refractivity (Wildman–Crippen MR) is 94.9 cm³/mol. The van der Waals surface area contributed by atoms with Gasteiger partial charge >= 0.3 is 6.03 Å². The molecule has 0 bridgehead atoms. The zero-order valence-corrected chi connectivity index (χ0v) is 15.9. The SMILES string of the molecule is Cc1nn(C(C)(C)C)cc1C(C)NC(=O)N1CC(=O)N(CC2CC2)C1. The maximum Gasteiger partial charge on any atom is 0.319 e. The third-order valence-electron chi connectivity index (χ3n) is 4.91. The van der Waals surface area contributed by atoms with Crippen molar-refractivity contribution in [2.45, 2.75) is 59.0 Å². The maximum absolute atomic E-state index is 12.5. The molecule has 7 nitrogen and oxygen atoms in total. The molecular formula is C18H29N5O2. The molecule has 2 aliphatic rings. The lowest BCUT2D eigenvalue weighted by Crippen LogP contribution is -2.40. The minimum atomic E-state index is -0.193. The van der Waals surface area contributed by atoms with Gasteiger partial charge in [0.25, 0.3) is 0 Å². The van der Waals surface area contributed by atoms with Crippen molar-refractivity contribution in [2.75, 3.05) is 19.8 Å². The highest BCUT2D eigenvalue weighted by Crippen LogP contribution is 2.30. The lowest BCUT2D eigenvalue weighted by molar-refractivity contribution is -0.126. The number of hydrogen-bond acceptors (Lipinski definition) is 3. The van der Waals surface area contributed by atoms with Gasteiger partial charge in [0.15, 0.2) is 0 Å². The van der Waals surface area contributed by atoms with Crippen LogP contribution >= 0.6 is 0 Å². The second-order valence-corrected chi connectivity index (χ2v) is 8.36. The van der Waals surface area contributed by atoms with Crippen molar-refractivity contribution in [1.29, 1.82) is 0 Å². The predicted octanol–water partition coefficient (Wildman–Crippen LogP) is 2.23. The summed E-state index contributed by atoms with van der Waals surface area (Å²) in [4.78, 5) is 28.0. The number of rotatable bonds is 4. The van der Waals surface area contributed by atoms with Crippen LogP contribution in [-0.4, -0.2) is 51.3 Å². The molecule has 0 aromatic carbocycles. The van der Waals surface area contributed by atoms with E-state index in [1.54, 1.807) is 9.80 Å². The molecular weight excluding hydrogens is 318 g/mol. The van der Waals surface area contributed by atoms with Crippen molar-refractivity contribution in [3.63, 3.8) is 0 Å². The van der Waals surface area contributed by atoms with Crippen LogP contribution < -0.4 is 5.32 Å². The molecule has 0 radical (unpaired) electrons. The van der Waals surface area contributed by atoms with E-state index in [2.05, 4.69) is 31.2 Å². The Hall–Kier alpha value is -2.05. The number of nitrogens with zero attached hydrogens (tertiary/aromatic N) is 4. The average molecular weight is 347 g/mol. The molecule has 1 aliphatic heterocycles. The van der Waals surface area contributed by atoms with Gasteiger partial charge in [-0.2, -0.15) is 5.10 Å². The number of hydrogen-bond donors (Lipinski definition) is 1. The van der Waals surface area contributed by atoms with Gasteiger partial charge in [0.1, 0.15) is 6.54 Å². The van der Waals surface area contributed by atoms with Crippen molar-refractivity contribution < 1.29 is 9.59 Å². The topological polar surface area (TPSA) is 70.5 Å². The van der Waals surface area contributed by atoms with Gasteiger partial charge in [0.05, 0.1) is 23.9 Å². The van der Waals surface area contributed by atoms with E-state index in [9.17, 15) is 9.59 Å². The second-order valence-electron chi connectivity index (χ2n) is 8.36. The van der Waals surface area contributed by atoms with Crippen LogP contribution in [0.4, 0.5) is 4.79 Å². The van der Waals surface area contributed by atoms with Crippen molar-refractivity contribution in [1.82, 2.24) is 24.9 Å². The molecule has 3 amide bonds. The molecule has 25 heavy (non-hydrogen) atoms. The van der Waals surface area contributed by atoms with E-state index < -0.39 is 0 Å². The summed E-state index contributed by atoms with van der Waals surface area (Å²) in [5.41, 5.74) is 1.82. The Morgan fingerprint density at radius 1 is 1.40 bits per heavy atom. The van der Waals surface area contributed by atoms with E-state index in [1.807, 2.05) is 24.7 Å². The van der Waals surface area contributed by atoms with E-state index in [1.165, 1.54) is 12.8 Å². The van der Waals surface area contributed by atoms with Crippen LogP contribution in [0.3, 0.4) is 0 Å². The van der Waals surface area contributed by atoms with E-state index in [-0.39, 0.29) is 30.1 Å². The van der Waals surface area contributed by atoms with Gasteiger partial charge in [-0.25, -0.2) is 4.79 Å².